The van der Waals surface area contributed by atoms with Gasteiger partial charge in [-0.15, -0.1) is 0 Å². The molecule has 1 atom stereocenters. The van der Waals surface area contributed by atoms with Crippen LogP contribution in [0, 0.1) is 5.92 Å². The summed E-state index contributed by atoms with van der Waals surface area (Å²) in [6, 6.07) is 10.5. The predicted octanol–water partition coefficient (Wildman–Crippen LogP) is 5.26. The molecule has 0 aromatic heterocycles. The van der Waals surface area contributed by atoms with Crippen molar-refractivity contribution in [2.45, 2.75) is 77.8 Å². The summed E-state index contributed by atoms with van der Waals surface area (Å²) in [6.07, 6.45) is 9.27. The SMILES string of the molecule is CCCCc1ccc(C(C)NC2CCC(C)CC2)cc1. The van der Waals surface area contributed by atoms with Crippen LogP contribution in [0.2, 0.25) is 0 Å². The Kier molecular flexibility index (Phi) is 6.09. The number of unbranched alkanes of at least 4 members (excludes halogenated alkanes) is 1. The molecule has 1 saturated carbocycles. The zero-order valence-corrected chi connectivity index (χ0v) is 13.5. The Morgan fingerprint density at radius 2 is 1.75 bits per heavy atom. The fourth-order valence-electron chi connectivity index (χ4n) is 3.23. The van der Waals surface area contributed by atoms with Gasteiger partial charge in [-0.1, -0.05) is 44.5 Å². The molecule has 1 aliphatic rings. The predicted molar refractivity (Wildman–Crippen MR) is 88.0 cm³/mol. The minimum absolute atomic E-state index is 0.480. The van der Waals surface area contributed by atoms with Crippen LogP contribution in [-0.4, -0.2) is 6.04 Å². The lowest BCUT2D eigenvalue weighted by molar-refractivity contribution is 0.292. The number of nitrogens with one attached hydrogen (secondary N) is 1. The van der Waals surface area contributed by atoms with Gasteiger partial charge in [-0.2, -0.15) is 0 Å². The van der Waals surface area contributed by atoms with Crippen molar-refractivity contribution in [1.29, 1.82) is 0 Å². The molecule has 1 aromatic rings. The van der Waals surface area contributed by atoms with Gasteiger partial charge in [0.25, 0.3) is 0 Å². The molecule has 0 radical (unpaired) electrons. The van der Waals surface area contributed by atoms with Gasteiger partial charge in [0.2, 0.25) is 0 Å². The van der Waals surface area contributed by atoms with Gasteiger partial charge >= 0.3 is 0 Å². The van der Waals surface area contributed by atoms with Crippen LogP contribution in [0.4, 0.5) is 0 Å². The number of rotatable bonds is 6. The lowest BCUT2D eigenvalue weighted by Crippen LogP contribution is -2.34. The molecule has 1 heteroatoms. The van der Waals surface area contributed by atoms with Gasteiger partial charge in [-0.25, -0.2) is 0 Å². The Labute approximate surface area is 125 Å². The highest BCUT2D eigenvalue weighted by Gasteiger charge is 2.19. The van der Waals surface area contributed by atoms with Crippen LogP contribution >= 0.6 is 0 Å². The van der Waals surface area contributed by atoms with Crippen LogP contribution in [0.1, 0.15) is 76.5 Å². The Hall–Kier alpha value is -0.820. The zero-order chi connectivity index (χ0) is 14.4. The smallest absolute Gasteiger partial charge is 0.0294 e. The van der Waals surface area contributed by atoms with Gasteiger partial charge in [0.05, 0.1) is 0 Å². The van der Waals surface area contributed by atoms with E-state index in [9.17, 15) is 0 Å². The maximum Gasteiger partial charge on any atom is 0.0294 e. The van der Waals surface area contributed by atoms with E-state index < -0.39 is 0 Å². The fourth-order valence-corrected chi connectivity index (χ4v) is 3.23. The first-order valence-electron chi connectivity index (χ1n) is 8.54. The third-order valence-corrected chi connectivity index (χ3v) is 4.80. The van der Waals surface area contributed by atoms with Crippen LogP contribution in [0.5, 0.6) is 0 Å². The monoisotopic (exact) mass is 273 g/mol. The Morgan fingerprint density at radius 1 is 1.10 bits per heavy atom. The van der Waals surface area contributed by atoms with E-state index in [1.54, 1.807) is 0 Å². The van der Waals surface area contributed by atoms with E-state index >= 15 is 0 Å². The molecular formula is C19H31N. The lowest BCUT2D eigenvalue weighted by Gasteiger charge is -2.30. The van der Waals surface area contributed by atoms with Crippen LogP contribution in [0.25, 0.3) is 0 Å². The van der Waals surface area contributed by atoms with Crippen molar-refractivity contribution in [2.75, 3.05) is 0 Å². The molecule has 1 unspecified atom stereocenters. The summed E-state index contributed by atoms with van der Waals surface area (Å²) in [5, 5.41) is 3.82. The second-order valence-electron chi connectivity index (χ2n) is 6.69. The lowest BCUT2D eigenvalue weighted by atomic mass is 9.87. The third kappa shape index (κ3) is 4.63. The van der Waals surface area contributed by atoms with Gasteiger partial charge in [0.15, 0.2) is 0 Å². The van der Waals surface area contributed by atoms with Gasteiger partial charge < -0.3 is 5.32 Å². The van der Waals surface area contributed by atoms with E-state index in [0.717, 1.165) is 12.0 Å². The molecule has 0 amide bonds. The van der Waals surface area contributed by atoms with Crippen LogP contribution in [0.3, 0.4) is 0 Å². The van der Waals surface area contributed by atoms with Crippen LogP contribution in [-0.2, 0) is 6.42 Å². The van der Waals surface area contributed by atoms with Crippen molar-refractivity contribution in [3.8, 4) is 0 Å². The molecule has 0 bridgehead atoms. The molecular weight excluding hydrogens is 242 g/mol. The Morgan fingerprint density at radius 3 is 2.35 bits per heavy atom. The first kappa shape index (κ1) is 15.6. The molecule has 1 nitrogen and oxygen atoms in total. The average Bonchev–Trinajstić information content (AvgIpc) is 2.48. The number of aryl methyl sites for hydroxylation is 1. The highest BCUT2D eigenvalue weighted by Crippen LogP contribution is 2.25. The molecule has 2 rings (SSSR count). The number of benzene rings is 1. The fraction of sp³-hybridized carbons (Fsp3) is 0.684. The van der Waals surface area contributed by atoms with E-state index in [1.165, 1.54) is 56.1 Å². The molecule has 1 fully saturated rings. The molecule has 0 spiro atoms. The van der Waals surface area contributed by atoms with Crippen molar-refractivity contribution in [3.63, 3.8) is 0 Å². The average molecular weight is 273 g/mol. The molecule has 0 saturated heterocycles. The van der Waals surface area contributed by atoms with Gasteiger partial charge in [-0.05, 0) is 62.5 Å². The maximum atomic E-state index is 3.82. The molecule has 1 aliphatic carbocycles. The van der Waals surface area contributed by atoms with Crippen LogP contribution < -0.4 is 5.32 Å². The van der Waals surface area contributed by atoms with Crippen molar-refractivity contribution >= 4 is 0 Å². The summed E-state index contributed by atoms with van der Waals surface area (Å²) >= 11 is 0. The number of hydrogen-bond donors (Lipinski definition) is 1. The second-order valence-corrected chi connectivity index (χ2v) is 6.69. The molecule has 0 aliphatic heterocycles. The maximum absolute atomic E-state index is 3.82. The highest BCUT2D eigenvalue weighted by atomic mass is 14.9. The summed E-state index contributed by atoms with van der Waals surface area (Å²) in [5.41, 5.74) is 2.91. The zero-order valence-electron chi connectivity index (χ0n) is 13.5. The van der Waals surface area contributed by atoms with E-state index in [4.69, 9.17) is 0 Å². The standard InChI is InChI=1S/C19H31N/c1-4-5-6-17-9-11-18(12-10-17)16(3)20-19-13-7-15(2)8-14-19/h9-12,15-16,19-20H,4-8,13-14H2,1-3H3. The minimum Gasteiger partial charge on any atom is -0.307 e. The summed E-state index contributed by atoms with van der Waals surface area (Å²) < 4.78 is 0. The Balaban J connectivity index is 1.84. The quantitative estimate of drug-likeness (QED) is 0.745. The summed E-state index contributed by atoms with van der Waals surface area (Å²) in [4.78, 5) is 0. The first-order chi connectivity index (χ1) is 9.69. The largest absolute Gasteiger partial charge is 0.307 e. The number of hydrogen-bond acceptors (Lipinski definition) is 1. The van der Waals surface area contributed by atoms with Gasteiger partial charge in [0, 0.05) is 12.1 Å². The summed E-state index contributed by atoms with van der Waals surface area (Å²) in [6.45, 7) is 6.94. The molecule has 112 valence electrons. The Bertz CT molecular complexity index is 373. The second kappa shape index (κ2) is 7.83. The summed E-state index contributed by atoms with van der Waals surface area (Å²) in [7, 11) is 0. The minimum atomic E-state index is 0.480. The third-order valence-electron chi connectivity index (χ3n) is 4.80. The normalized spacial score (nSPS) is 24.6. The van der Waals surface area contributed by atoms with E-state index in [1.807, 2.05) is 0 Å². The topological polar surface area (TPSA) is 12.0 Å². The molecule has 20 heavy (non-hydrogen) atoms. The van der Waals surface area contributed by atoms with Gasteiger partial charge in [-0.3, -0.25) is 0 Å². The molecule has 1 N–H and O–H groups in total. The molecule has 1 aromatic carbocycles. The van der Waals surface area contributed by atoms with Crippen LogP contribution in [0.15, 0.2) is 24.3 Å². The van der Waals surface area contributed by atoms with E-state index in [-0.39, 0.29) is 0 Å². The summed E-state index contributed by atoms with van der Waals surface area (Å²) in [5.74, 6) is 0.932. The van der Waals surface area contributed by atoms with E-state index in [0.29, 0.717) is 6.04 Å². The highest BCUT2D eigenvalue weighted by molar-refractivity contribution is 5.25. The van der Waals surface area contributed by atoms with Gasteiger partial charge in [0.1, 0.15) is 0 Å². The first-order valence-corrected chi connectivity index (χ1v) is 8.54. The van der Waals surface area contributed by atoms with E-state index in [2.05, 4.69) is 50.4 Å². The van der Waals surface area contributed by atoms with Crippen molar-refractivity contribution < 1.29 is 0 Å². The van der Waals surface area contributed by atoms with Crippen molar-refractivity contribution in [3.05, 3.63) is 35.4 Å². The van der Waals surface area contributed by atoms with Crippen molar-refractivity contribution in [2.24, 2.45) is 5.92 Å². The van der Waals surface area contributed by atoms with Crippen molar-refractivity contribution in [1.82, 2.24) is 5.32 Å². The molecule has 0 heterocycles.